The Balaban J connectivity index is 3.14. The van der Waals surface area contributed by atoms with Crippen LogP contribution in [0, 0.1) is 0 Å². The summed E-state index contributed by atoms with van der Waals surface area (Å²) in [5.41, 5.74) is 2.93. The molecule has 0 aliphatic carbocycles. The van der Waals surface area contributed by atoms with E-state index in [-0.39, 0.29) is 5.54 Å². The van der Waals surface area contributed by atoms with Gasteiger partial charge >= 0.3 is 0 Å². The van der Waals surface area contributed by atoms with Crippen LogP contribution >= 0.6 is 0 Å². The number of benzene rings is 1. The van der Waals surface area contributed by atoms with Gasteiger partial charge in [0.25, 0.3) is 0 Å². The van der Waals surface area contributed by atoms with Gasteiger partial charge in [-0.3, -0.25) is 4.90 Å². The van der Waals surface area contributed by atoms with Gasteiger partial charge in [0.1, 0.15) is 0 Å². The number of rotatable bonds is 8. The molecular weight excluding hydrogens is 244 g/mol. The standard InChI is InChI=1S/C18H32N2/c1-7-15-12-11-13-16(14-15)17(19-8-2)18(5,6)20(9-3)10-4/h11-14,17,19H,7-10H2,1-6H3. The number of nitrogens with zero attached hydrogens (tertiary/aromatic N) is 1. The lowest BCUT2D eigenvalue weighted by atomic mass is 9.86. The second-order valence-corrected chi connectivity index (χ2v) is 5.92. The third-order valence-electron chi connectivity index (χ3n) is 4.39. The predicted molar refractivity (Wildman–Crippen MR) is 89.2 cm³/mol. The Kier molecular flexibility index (Phi) is 6.70. The topological polar surface area (TPSA) is 15.3 Å². The lowest BCUT2D eigenvalue weighted by Crippen LogP contribution is -2.52. The molecule has 0 saturated carbocycles. The largest absolute Gasteiger partial charge is 0.309 e. The summed E-state index contributed by atoms with van der Waals surface area (Å²) in [7, 11) is 0. The highest BCUT2D eigenvalue weighted by Gasteiger charge is 2.34. The first-order chi connectivity index (χ1) is 9.51. The number of hydrogen-bond donors (Lipinski definition) is 1. The summed E-state index contributed by atoms with van der Waals surface area (Å²) in [4.78, 5) is 2.54. The Hall–Kier alpha value is -0.860. The molecule has 0 spiro atoms. The summed E-state index contributed by atoms with van der Waals surface area (Å²) < 4.78 is 0. The van der Waals surface area contributed by atoms with Gasteiger partial charge in [-0.2, -0.15) is 0 Å². The van der Waals surface area contributed by atoms with Gasteiger partial charge in [0, 0.05) is 5.54 Å². The van der Waals surface area contributed by atoms with Crippen LogP contribution in [0.1, 0.15) is 58.7 Å². The Morgan fingerprint density at radius 2 is 1.75 bits per heavy atom. The highest BCUT2D eigenvalue weighted by atomic mass is 15.2. The van der Waals surface area contributed by atoms with Gasteiger partial charge in [0.2, 0.25) is 0 Å². The van der Waals surface area contributed by atoms with Crippen LogP contribution in [0.25, 0.3) is 0 Å². The lowest BCUT2D eigenvalue weighted by molar-refractivity contribution is 0.0918. The van der Waals surface area contributed by atoms with Crippen molar-refractivity contribution in [1.29, 1.82) is 0 Å². The van der Waals surface area contributed by atoms with Crippen molar-refractivity contribution in [2.45, 2.75) is 59.5 Å². The minimum Gasteiger partial charge on any atom is -0.309 e. The quantitative estimate of drug-likeness (QED) is 0.771. The first kappa shape index (κ1) is 17.2. The van der Waals surface area contributed by atoms with Crippen molar-refractivity contribution in [2.75, 3.05) is 19.6 Å². The zero-order chi connectivity index (χ0) is 15.2. The van der Waals surface area contributed by atoms with Crippen LogP contribution in [0.3, 0.4) is 0 Å². The number of hydrogen-bond acceptors (Lipinski definition) is 2. The summed E-state index contributed by atoms with van der Waals surface area (Å²) in [6.45, 7) is 16.8. The van der Waals surface area contributed by atoms with E-state index in [1.807, 2.05) is 0 Å². The molecule has 0 aliphatic rings. The van der Waals surface area contributed by atoms with Crippen molar-refractivity contribution in [3.8, 4) is 0 Å². The van der Waals surface area contributed by atoms with Crippen LogP contribution in [0.5, 0.6) is 0 Å². The Morgan fingerprint density at radius 1 is 1.10 bits per heavy atom. The summed E-state index contributed by atoms with van der Waals surface area (Å²) >= 11 is 0. The minimum absolute atomic E-state index is 0.103. The Morgan fingerprint density at radius 3 is 2.25 bits per heavy atom. The number of aryl methyl sites for hydroxylation is 1. The van der Waals surface area contributed by atoms with E-state index in [1.165, 1.54) is 11.1 Å². The van der Waals surface area contributed by atoms with Crippen LogP contribution in [-0.2, 0) is 6.42 Å². The lowest BCUT2D eigenvalue weighted by Gasteiger charge is -2.44. The fourth-order valence-electron chi connectivity index (χ4n) is 3.19. The normalized spacial score (nSPS) is 13.8. The first-order valence-electron chi connectivity index (χ1n) is 8.08. The fraction of sp³-hybridized carbons (Fsp3) is 0.667. The van der Waals surface area contributed by atoms with E-state index in [9.17, 15) is 0 Å². The molecule has 0 aromatic heterocycles. The van der Waals surface area contributed by atoms with Gasteiger partial charge < -0.3 is 5.32 Å². The molecule has 2 nitrogen and oxygen atoms in total. The van der Waals surface area contributed by atoms with Crippen LogP contribution in [0.4, 0.5) is 0 Å². The SMILES string of the molecule is CCNC(c1cccc(CC)c1)C(C)(C)N(CC)CC. The fourth-order valence-corrected chi connectivity index (χ4v) is 3.19. The average Bonchev–Trinajstić information content (AvgIpc) is 2.45. The minimum atomic E-state index is 0.103. The molecule has 2 heteroatoms. The molecule has 0 bridgehead atoms. The molecule has 1 aromatic rings. The molecule has 0 saturated heterocycles. The molecule has 20 heavy (non-hydrogen) atoms. The van der Waals surface area contributed by atoms with E-state index in [1.54, 1.807) is 0 Å². The van der Waals surface area contributed by atoms with E-state index in [0.29, 0.717) is 6.04 Å². The van der Waals surface area contributed by atoms with Gasteiger partial charge in [-0.05, 0) is 51.0 Å². The van der Waals surface area contributed by atoms with Gasteiger partial charge in [-0.15, -0.1) is 0 Å². The number of nitrogens with one attached hydrogen (secondary N) is 1. The summed E-state index contributed by atoms with van der Waals surface area (Å²) in [6, 6.07) is 9.39. The van der Waals surface area contributed by atoms with E-state index < -0.39 is 0 Å². The molecule has 114 valence electrons. The van der Waals surface area contributed by atoms with Gasteiger partial charge in [0.05, 0.1) is 6.04 Å². The molecule has 1 unspecified atom stereocenters. The van der Waals surface area contributed by atoms with E-state index in [0.717, 1.165) is 26.1 Å². The smallest absolute Gasteiger partial charge is 0.0501 e. The molecule has 1 atom stereocenters. The third kappa shape index (κ3) is 3.83. The Labute approximate surface area is 125 Å². The van der Waals surface area contributed by atoms with Crippen LogP contribution in [0.2, 0.25) is 0 Å². The zero-order valence-corrected chi connectivity index (χ0v) is 14.2. The van der Waals surface area contributed by atoms with Crippen molar-refractivity contribution in [1.82, 2.24) is 10.2 Å². The van der Waals surface area contributed by atoms with Gasteiger partial charge in [0.15, 0.2) is 0 Å². The predicted octanol–water partition coefficient (Wildman–Crippen LogP) is 4.02. The van der Waals surface area contributed by atoms with Crippen molar-refractivity contribution < 1.29 is 0 Å². The number of likely N-dealkylation sites (N-methyl/N-ethyl adjacent to an activating group) is 2. The molecule has 0 amide bonds. The Bertz CT molecular complexity index is 394. The summed E-state index contributed by atoms with van der Waals surface area (Å²) in [5.74, 6) is 0. The first-order valence-corrected chi connectivity index (χ1v) is 8.08. The van der Waals surface area contributed by atoms with Crippen LogP contribution < -0.4 is 5.32 Å². The van der Waals surface area contributed by atoms with Crippen molar-refractivity contribution in [2.24, 2.45) is 0 Å². The van der Waals surface area contributed by atoms with Crippen molar-refractivity contribution in [3.63, 3.8) is 0 Å². The van der Waals surface area contributed by atoms with Crippen LogP contribution in [-0.4, -0.2) is 30.1 Å². The van der Waals surface area contributed by atoms with E-state index in [4.69, 9.17) is 0 Å². The zero-order valence-electron chi connectivity index (χ0n) is 14.2. The summed E-state index contributed by atoms with van der Waals surface area (Å²) in [6.07, 6.45) is 1.10. The van der Waals surface area contributed by atoms with Gasteiger partial charge in [-0.25, -0.2) is 0 Å². The molecular formula is C18H32N2. The van der Waals surface area contributed by atoms with E-state index in [2.05, 4.69) is 76.0 Å². The molecule has 0 aliphatic heterocycles. The summed E-state index contributed by atoms with van der Waals surface area (Å²) in [5, 5.41) is 3.70. The monoisotopic (exact) mass is 276 g/mol. The van der Waals surface area contributed by atoms with Crippen molar-refractivity contribution >= 4 is 0 Å². The maximum absolute atomic E-state index is 3.70. The van der Waals surface area contributed by atoms with Crippen molar-refractivity contribution in [3.05, 3.63) is 35.4 Å². The molecule has 0 heterocycles. The van der Waals surface area contributed by atoms with Crippen LogP contribution in [0.15, 0.2) is 24.3 Å². The molecule has 1 rings (SSSR count). The highest BCUT2D eigenvalue weighted by Crippen LogP contribution is 2.31. The second-order valence-electron chi connectivity index (χ2n) is 5.92. The molecule has 0 fully saturated rings. The molecule has 1 N–H and O–H groups in total. The third-order valence-corrected chi connectivity index (χ3v) is 4.39. The maximum Gasteiger partial charge on any atom is 0.0501 e. The van der Waals surface area contributed by atoms with E-state index >= 15 is 0 Å². The maximum atomic E-state index is 3.70. The average molecular weight is 276 g/mol. The van der Waals surface area contributed by atoms with Gasteiger partial charge in [-0.1, -0.05) is 52.0 Å². The highest BCUT2D eigenvalue weighted by molar-refractivity contribution is 5.28. The second kappa shape index (κ2) is 7.80. The molecule has 0 radical (unpaired) electrons. The molecule has 1 aromatic carbocycles.